The van der Waals surface area contributed by atoms with Crippen LogP contribution in [0.15, 0.2) is 28.7 Å². The number of aryl methyl sites for hydroxylation is 1. The van der Waals surface area contributed by atoms with Crippen molar-refractivity contribution >= 4 is 11.7 Å². The van der Waals surface area contributed by atoms with E-state index in [1.807, 2.05) is 26.1 Å². The van der Waals surface area contributed by atoms with Crippen molar-refractivity contribution in [1.82, 2.24) is 20.4 Å². The Labute approximate surface area is 146 Å². The minimum Gasteiger partial charge on any atom is -0.421 e. The minimum absolute atomic E-state index is 0.0175. The molecular weight excluding hydrogens is 322 g/mol. The molecule has 1 fully saturated rings. The van der Waals surface area contributed by atoms with Crippen LogP contribution in [0.3, 0.4) is 0 Å². The molecule has 1 aromatic heterocycles. The Hall–Kier alpha value is -2.45. The molecule has 8 heteroatoms. The second-order valence-electron chi connectivity index (χ2n) is 6.12. The Morgan fingerprint density at radius 3 is 2.72 bits per heavy atom. The van der Waals surface area contributed by atoms with Crippen molar-refractivity contribution in [3.63, 3.8) is 0 Å². The second-order valence-corrected chi connectivity index (χ2v) is 6.12. The van der Waals surface area contributed by atoms with Gasteiger partial charge in [-0.2, -0.15) is 0 Å². The van der Waals surface area contributed by atoms with Crippen LogP contribution in [0, 0.1) is 6.92 Å². The van der Waals surface area contributed by atoms with Crippen LogP contribution >= 0.6 is 0 Å². The highest BCUT2D eigenvalue weighted by molar-refractivity contribution is 5.89. The summed E-state index contributed by atoms with van der Waals surface area (Å²) in [7, 11) is 2.02. The number of hydrogen-bond donors (Lipinski definition) is 2. The van der Waals surface area contributed by atoms with Crippen LogP contribution in [0.25, 0.3) is 11.5 Å². The Bertz CT molecular complexity index is 715. The summed E-state index contributed by atoms with van der Waals surface area (Å²) in [6.45, 7) is 5.92. The summed E-state index contributed by atoms with van der Waals surface area (Å²) in [5.41, 5.74) is 1.50. The van der Waals surface area contributed by atoms with Gasteiger partial charge in [0.05, 0.1) is 12.1 Å². The highest BCUT2D eigenvalue weighted by Crippen LogP contribution is 2.20. The summed E-state index contributed by atoms with van der Waals surface area (Å²) in [6, 6.07) is 6.99. The topological polar surface area (TPSA) is 92.5 Å². The van der Waals surface area contributed by atoms with Crippen LogP contribution < -0.4 is 10.6 Å². The van der Waals surface area contributed by atoms with E-state index >= 15 is 0 Å². The number of carbonyl (C=O) groups is 1. The van der Waals surface area contributed by atoms with Crippen molar-refractivity contribution < 1.29 is 13.9 Å². The molecule has 0 bridgehead atoms. The third kappa shape index (κ3) is 4.34. The zero-order valence-corrected chi connectivity index (χ0v) is 14.7. The third-order valence-corrected chi connectivity index (χ3v) is 4.06. The van der Waals surface area contributed by atoms with Crippen LogP contribution in [0.4, 0.5) is 10.5 Å². The number of carbonyl (C=O) groups excluding carboxylic acids is 1. The molecule has 134 valence electrons. The van der Waals surface area contributed by atoms with Crippen molar-refractivity contribution in [2.45, 2.75) is 26.0 Å². The van der Waals surface area contributed by atoms with Crippen LogP contribution in [-0.4, -0.2) is 60.0 Å². The molecule has 1 aromatic carbocycles. The Kier molecular flexibility index (Phi) is 5.30. The van der Waals surface area contributed by atoms with Gasteiger partial charge in [0, 0.05) is 37.9 Å². The van der Waals surface area contributed by atoms with Crippen LogP contribution in [-0.2, 0) is 4.74 Å². The maximum atomic E-state index is 12.2. The number of nitrogens with one attached hydrogen (secondary N) is 2. The highest BCUT2D eigenvalue weighted by atomic mass is 16.5. The standard InChI is InChI=1S/C17H23N5O3/c1-4-24-15-10-22(3)9-14(15)19-17(23)18-13-7-5-12(6-8-13)16-21-20-11(2)25-16/h5-8,14-15H,4,9-10H2,1-3H3,(H2,18,19,23)/t14-,15-/m0/s1. The van der Waals surface area contributed by atoms with E-state index in [1.54, 1.807) is 19.1 Å². The lowest BCUT2D eigenvalue weighted by Crippen LogP contribution is -2.45. The zero-order chi connectivity index (χ0) is 17.8. The highest BCUT2D eigenvalue weighted by Gasteiger charge is 2.32. The molecule has 2 heterocycles. The van der Waals surface area contributed by atoms with E-state index < -0.39 is 0 Å². The first-order chi connectivity index (χ1) is 12.0. The molecule has 2 N–H and O–H groups in total. The quantitative estimate of drug-likeness (QED) is 0.860. The predicted molar refractivity (Wildman–Crippen MR) is 93.3 cm³/mol. The fraction of sp³-hybridized carbons (Fsp3) is 0.471. The van der Waals surface area contributed by atoms with Gasteiger partial charge < -0.3 is 24.7 Å². The first-order valence-corrected chi connectivity index (χ1v) is 8.33. The van der Waals surface area contributed by atoms with Gasteiger partial charge in [-0.05, 0) is 38.2 Å². The molecule has 25 heavy (non-hydrogen) atoms. The van der Waals surface area contributed by atoms with Crippen molar-refractivity contribution in [3.05, 3.63) is 30.2 Å². The smallest absolute Gasteiger partial charge is 0.319 e. The molecule has 2 aromatic rings. The van der Waals surface area contributed by atoms with Gasteiger partial charge in [-0.15, -0.1) is 10.2 Å². The summed E-state index contributed by atoms with van der Waals surface area (Å²) < 4.78 is 11.1. The number of rotatable bonds is 5. The van der Waals surface area contributed by atoms with Crippen molar-refractivity contribution in [2.75, 3.05) is 32.1 Å². The molecule has 1 aliphatic rings. The SMILES string of the molecule is CCO[C@H]1CN(C)C[C@@H]1NC(=O)Nc1ccc(-c2nnc(C)o2)cc1. The average molecular weight is 345 g/mol. The van der Waals surface area contributed by atoms with Crippen LogP contribution in [0.2, 0.25) is 0 Å². The molecule has 1 saturated heterocycles. The minimum atomic E-state index is -0.244. The maximum Gasteiger partial charge on any atom is 0.319 e. The van der Waals surface area contributed by atoms with Gasteiger partial charge in [-0.25, -0.2) is 4.79 Å². The van der Waals surface area contributed by atoms with Gasteiger partial charge in [-0.3, -0.25) is 0 Å². The van der Waals surface area contributed by atoms with Crippen molar-refractivity contribution in [2.24, 2.45) is 0 Å². The number of likely N-dealkylation sites (N-methyl/N-ethyl adjacent to an activating group) is 1. The third-order valence-electron chi connectivity index (χ3n) is 4.06. The number of ether oxygens (including phenoxy) is 1. The number of hydrogen-bond acceptors (Lipinski definition) is 6. The van der Waals surface area contributed by atoms with E-state index in [9.17, 15) is 4.79 Å². The Balaban J connectivity index is 1.57. The molecule has 2 atom stereocenters. The monoisotopic (exact) mass is 345 g/mol. The summed E-state index contributed by atoms with van der Waals surface area (Å²) >= 11 is 0. The molecule has 0 spiro atoms. The molecule has 0 unspecified atom stereocenters. The van der Waals surface area contributed by atoms with Crippen LogP contribution in [0.1, 0.15) is 12.8 Å². The first kappa shape index (κ1) is 17.4. The van der Waals surface area contributed by atoms with Gasteiger partial charge in [0.25, 0.3) is 0 Å². The summed E-state index contributed by atoms with van der Waals surface area (Å²) in [5.74, 6) is 0.976. The summed E-state index contributed by atoms with van der Waals surface area (Å²) in [4.78, 5) is 14.4. The van der Waals surface area contributed by atoms with Gasteiger partial charge in [0.1, 0.15) is 0 Å². The maximum absolute atomic E-state index is 12.2. The number of anilines is 1. The van der Waals surface area contributed by atoms with E-state index in [0.29, 0.717) is 24.1 Å². The fourth-order valence-electron chi connectivity index (χ4n) is 2.93. The summed E-state index contributed by atoms with van der Waals surface area (Å²) in [6.07, 6.45) is 0.0175. The van der Waals surface area contributed by atoms with E-state index in [4.69, 9.17) is 9.15 Å². The predicted octanol–water partition coefficient (Wildman–Crippen LogP) is 1.89. The zero-order valence-electron chi connectivity index (χ0n) is 14.7. The molecule has 8 nitrogen and oxygen atoms in total. The Morgan fingerprint density at radius 2 is 2.08 bits per heavy atom. The lowest BCUT2D eigenvalue weighted by atomic mass is 10.2. The fourth-order valence-corrected chi connectivity index (χ4v) is 2.93. The summed E-state index contributed by atoms with van der Waals surface area (Å²) in [5, 5.41) is 13.6. The van der Waals surface area contributed by atoms with Gasteiger partial charge in [-0.1, -0.05) is 0 Å². The molecule has 0 radical (unpaired) electrons. The molecule has 1 aliphatic heterocycles. The van der Waals surface area contributed by atoms with Gasteiger partial charge in [0.2, 0.25) is 11.8 Å². The molecule has 0 aliphatic carbocycles. The number of likely N-dealkylation sites (tertiary alicyclic amines) is 1. The number of nitrogens with zero attached hydrogens (tertiary/aromatic N) is 3. The van der Waals surface area contributed by atoms with E-state index in [2.05, 4.69) is 25.7 Å². The number of amides is 2. The number of urea groups is 1. The molecule has 2 amide bonds. The molecule has 3 rings (SSSR count). The Morgan fingerprint density at radius 1 is 1.32 bits per heavy atom. The normalized spacial score (nSPS) is 20.6. The second kappa shape index (κ2) is 7.62. The van der Waals surface area contributed by atoms with E-state index in [1.165, 1.54) is 0 Å². The largest absolute Gasteiger partial charge is 0.421 e. The van der Waals surface area contributed by atoms with Gasteiger partial charge >= 0.3 is 6.03 Å². The van der Waals surface area contributed by atoms with E-state index in [-0.39, 0.29) is 18.2 Å². The lowest BCUT2D eigenvalue weighted by molar-refractivity contribution is 0.0568. The van der Waals surface area contributed by atoms with Crippen molar-refractivity contribution in [3.8, 4) is 11.5 Å². The van der Waals surface area contributed by atoms with E-state index in [0.717, 1.165) is 18.7 Å². The number of benzene rings is 1. The number of aromatic nitrogens is 2. The lowest BCUT2D eigenvalue weighted by Gasteiger charge is -2.20. The van der Waals surface area contributed by atoms with Crippen molar-refractivity contribution in [1.29, 1.82) is 0 Å². The molecular formula is C17H23N5O3. The van der Waals surface area contributed by atoms with Crippen LogP contribution in [0.5, 0.6) is 0 Å². The average Bonchev–Trinajstić information content (AvgIpc) is 3.14. The first-order valence-electron chi connectivity index (χ1n) is 8.33. The molecule has 0 saturated carbocycles. The van der Waals surface area contributed by atoms with Gasteiger partial charge in [0.15, 0.2) is 0 Å².